The summed E-state index contributed by atoms with van der Waals surface area (Å²) in [6.45, 7) is 4.83. The van der Waals surface area contributed by atoms with Gasteiger partial charge in [-0.05, 0) is 11.4 Å². The lowest BCUT2D eigenvalue weighted by Crippen LogP contribution is -2.43. The van der Waals surface area contributed by atoms with E-state index in [1.54, 1.807) is 5.38 Å². The number of fused-ring (bicyclic) bond motifs is 1. The third kappa shape index (κ3) is 2.90. The third-order valence-corrected chi connectivity index (χ3v) is 6.91. The summed E-state index contributed by atoms with van der Waals surface area (Å²) >= 11 is 1.27. The molecule has 6 nitrogen and oxygen atoms in total. The molecule has 1 aromatic rings. The van der Waals surface area contributed by atoms with Crippen molar-refractivity contribution in [1.29, 1.82) is 0 Å². The van der Waals surface area contributed by atoms with Crippen molar-refractivity contribution in [2.75, 3.05) is 46.1 Å². The molecule has 1 fully saturated rings. The van der Waals surface area contributed by atoms with Gasteiger partial charge in [0.15, 0.2) is 0 Å². The van der Waals surface area contributed by atoms with Gasteiger partial charge in [0, 0.05) is 31.7 Å². The first kappa shape index (κ1) is 14.4. The SMILES string of the molecule is O=S1(=O)c2sccc2COCN1CCN1CCOCC1. The number of hydrogen-bond acceptors (Lipinski definition) is 6. The Balaban J connectivity index is 1.69. The molecule has 20 heavy (non-hydrogen) atoms. The first-order valence-electron chi connectivity index (χ1n) is 6.62. The Morgan fingerprint density at radius 2 is 2.00 bits per heavy atom. The molecule has 0 amide bonds. The van der Waals surface area contributed by atoms with Crippen molar-refractivity contribution in [2.45, 2.75) is 10.8 Å². The van der Waals surface area contributed by atoms with E-state index in [4.69, 9.17) is 9.47 Å². The molecule has 0 spiro atoms. The van der Waals surface area contributed by atoms with Crippen molar-refractivity contribution in [1.82, 2.24) is 9.21 Å². The van der Waals surface area contributed by atoms with Gasteiger partial charge in [-0.3, -0.25) is 4.90 Å². The fourth-order valence-electron chi connectivity index (χ4n) is 2.36. The first-order chi connectivity index (χ1) is 9.68. The number of hydrogen-bond donors (Lipinski definition) is 0. The fraction of sp³-hybridized carbons (Fsp3) is 0.667. The van der Waals surface area contributed by atoms with Gasteiger partial charge >= 0.3 is 0 Å². The fourth-order valence-corrected chi connectivity index (χ4v) is 5.19. The molecule has 112 valence electrons. The molecule has 0 saturated carbocycles. The van der Waals surface area contributed by atoms with E-state index in [0.717, 1.165) is 31.9 Å². The van der Waals surface area contributed by atoms with Gasteiger partial charge in [-0.1, -0.05) is 0 Å². The molecule has 2 aliphatic heterocycles. The van der Waals surface area contributed by atoms with Crippen molar-refractivity contribution in [2.24, 2.45) is 0 Å². The predicted octanol–water partition coefficient (Wildman–Crippen LogP) is 0.559. The van der Waals surface area contributed by atoms with E-state index in [2.05, 4.69) is 4.90 Å². The van der Waals surface area contributed by atoms with Gasteiger partial charge in [0.05, 0.1) is 19.8 Å². The number of nitrogens with zero attached hydrogens (tertiary/aromatic N) is 2. The Labute approximate surface area is 122 Å². The number of sulfonamides is 1. The van der Waals surface area contributed by atoms with Gasteiger partial charge in [-0.25, -0.2) is 8.42 Å². The Morgan fingerprint density at radius 1 is 1.20 bits per heavy atom. The van der Waals surface area contributed by atoms with Crippen LogP contribution in [0.5, 0.6) is 0 Å². The minimum Gasteiger partial charge on any atom is -0.379 e. The molecule has 0 unspecified atom stereocenters. The summed E-state index contributed by atoms with van der Waals surface area (Å²) in [5.74, 6) is 0. The van der Waals surface area contributed by atoms with Crippen LogP contribution in [0.3, 0.4) is 0 Å². The van der Waals surface area contributed by atoms with Crippen LogP contribution in [0.4, 0.5) is 0 Å². The lowest BCUT2D eigenvalue weighted by molar-refractivity contribution is 0.0264. The summed E-state index contributed by atoms with van der Waals surface area (Å²) in [7, 11) is -3.41. The molecular formula is C12H18N2O4S2. The maximum Gasteiger partial charge on any atom is 0.254 e. The lowest BCUT2D eigenvalue weighted by Gasteiger charge is -2.28. The van der Waals surface area contributed by atoms with Gasteiger partial charge in [-0.2, -0.15) is 4.31 Å². The number of morpholine rings is 1. The smallest absolute Gasteiger partial charge is 0.254 e. The van der Waals surface area contributed by atoms with Crippen LogP contribution in [-0.4, -0.2) is 63.7 Å². The molecule has 0 bridgehead atoms. The quantitative estimate of drug-likeness (QED) is 0.815. The summed E-state index contributed by atoms with van der Waals surface area (Å²) in [6.07, 6.45) is 0. The average molecular weight is 318 g/mol. The molecule has 0 radical (unpaired) electrons. The van der Waals surface area contributed by atoms with Crippen molar-refractivity contribution < 1.29 is 17.9 Å². The minimum absolute atomic E-state index is 0.133. The zero-order valence-corrected chi connectivity index (χ0v) is 12.8. The second-order valence-corrected chi connectivity index (χ2v) is 7.89. The molecule has 3 heterocycles. The van der Waals surface area contributed by atoms with Crippen LogP contribution in [0.1, 0.15) is 5.56 Å². The van der Waals surface area contributed by atoms with Crippen LogP contribution in [0.2, 0.25) is 0 Å². The summed E-state index contributed by atoms with van der Waals surface area (Å²) < 4.78 is 37.8. The van der Waals surface area contributed by atoms with Crippen molar-refractivity contribution in [3.05, 3.63) is 17.0 Å². The standard InChI is InChI=1S/C12H18N2O4S2/c15-20(16)12-11(1-8-19-12)9-18-10-14(20)3-2-13-4-6-17-7-5-13/h1,8H,2-7,9-10H2. The van der Waals surface area contributed by atoms with E-state index in [-0.39, 0.29) is 6.73 Å². The second-order valence-electron chi connectivity index (χ2n) is 4.85. The zero-order chi connectivity index (χ0) is 14.0. The normalized spacial score (nSPS) is 24.2. The molecule has 0 N–H and O–H groups in total. The van der Waals surface area contributed by atoms with Crippen LogP contribution >= 0.6 is 11.3 Å². The maximum absolute atomic E-state index is 12.6. The van der Waals surface area contributed by atoms with Gasteiger partial charge < -0.3 is 9.47 Å². The minimum atomic E-state index is -3.41. The number of ether oxygens (including phenoxy) is 2. The Morgan fingerprint density at radius 3 is 2.80 bits per heavy atom. The van der Waals surface area contributed by atoms with Gasteiger partial charge in [0.2, 0.25) is 0 Å². The van der Waals surface area contributed by atoms with Crippen LogP contribution in [-0.2, 0) is 26.1 Å². The third-order valence-electron chi connectivity index (χ3n) is 3.54. The maximum atomic E-state index is 12.6. The summed E-state index contributed by atoms with van der Waals surface area (Å²) in [5, 5.41) is 1.80. The van der Waals surface area contributed by atoms with E-state index in [1.165, 1.54) is 15.6 Å². The molecule has 0 atom stereocenters. The molecular weight excluding hydrogens is 300 g/mol. The van der Waals surface area contributed by atoms with Crippen molar-refractivity contribution in [3.63, 3.8) is 0 Å². The van der Waals surface area contributed by atoms with E-state index < -0.39 is 10.0 Å². The highest BCUT2D eigenvalue weighted by molar-refractivity contribution is 7.91. The zero-order valence-electron chi connectivity index (χ0n) is 11.2. The average Bonchev–Trinajstić information content (AvgIpc) is 2.88. The summed E-state index contributed by atoms with van der Waals surface area (Å²) in [4.78, 5) is 2.22. The lowest BCUT2D eigenvalue weighted by atomic mass is 10.4. The molecule has 3 rings (SSSR count). The largest absolute Gasteiger partial charge is 0.379 e. The van der Waals surface area contributed by atoms with E-state index >= 15 is 0 Å². The Hall–Kier alpha value is -0.510. The van der Waals surface area contributed by atoms with Gasteiger partial charge in [0.1, 0.15) is 10.9 Å². The molecule has 0 aromatic carbocycles. The van der Waals surface area contributed by atoms with Gasteiger partial charge in [-0.15, -0.1) is 11.3 Å². The van der Waals surface area contributed by atoms with E-state index in [0.29, 0.717) is 23.9 Å². The Kier molecular flexibility index (Phi) is 4.39. The molecule has 8 heteroatoms. The van der Waals surface area contributed by atoms with Crippen molar-refractivity contribution >= 4 is 21.4 Å². The first-order valence-corrected chi connectivity index (χ1v) is 8.94. The van der Waals surface area contributed by atoms with Gasteiger partial charge in [0.25, 0.3) is 10.0 Å². The van der Waals surface area contributed by atoms with Crippen LogP contribution < -0.4 is 0 Å². The predicted molar refractivity (Wildman–Crippen MR) is 75.1 cm³/mol. The number of rotatable bonds is 3. The van der Waals surface area contributed by atoms with Crippen LogP contribution in [0, 0.1) is 0 Å². The highest BCUT2D eigenvalue weighted by atomic mass is 32.2. The summed E-state index contributed by atoms with van der Waals surface area (Å²) in [6, 6.07) is 1.82. The monoisotopic (exact) mass is 318 g/mol. The van der Waals surface area contributed by atoms with Crippen molar-refractivity contribution in [3.8, 4) is 0 Å². The number of thiophene rings is 1. The molecule has 1 saturated heterocycles. The van der Waals surface area contributed by atoms with Crippen LogP contribution in [0.15, 0.2) is 15.7 Å². The van der Waals surface area contributed by atoms with E-state index in [1.807, 2.05) is 6.07 Å². The Bertz CT molecular complexity index is 552. The van der Waals surface area contributed by atoms with Crippen LogP contribution in [0.25, 0.3) is 0 Å². The molecule has 0 aliphatic carbocycles. The molecule has 2 aliphatic rings. The summed E-state index contributed by atoms with van der Waals surface area (Å²) in [5.41, 5.74) is 0.767. The second kappa shape index (κ2) is 6.08. The topological polar surface area (TPSA) is 59.1 Å². The molecule has 1 aromatic heterocycles. The highest BCUT2D eigenvalue weighted by Crippen LogP contribution is 2.29. The highest BCUT2D eigenvalue weighted by Gasteiger charge is 2.31. The van der Waals surface area contributed by atoms with E-state index in [9.17, 15) is 8.42 Å².